The fraction of sp³-hybridized carbons (Fsp3) is 0.812. The van der Waals surface area contributed by atoms with E-state index in [4.69, 9.17) is 0 Å². The topological polar surface area (TPSA) is 86.7 Å². The first-order valence-corrected chi connectivity index (χ1v) is 8.05. The SMILES string of the molecule is CCC1CCC(NC(=O)CCCC(=O)N(C)C)(C(=O)O)CC1. The third-order valence-electron chi connectivity index (χ3n) is 4.62. The lowest BCUT2D eigenvalue weighted by Crippen LogP contribution is -2.56. The van der Waals surface area contributed by atoms with Crippen LogP contribution in [-0.4, -0.2) is 47.4 Å². The molecule has 1 rings (SSSR count). The van der Waals surface area contributed by atoms with Gasteiger partial charge in [-0.3, -0.25) is 9.59 Å². The van der Waals surface area contributed by atoms with Gasteiger partial charge < -0.3 is 15.3 Å². The zero-order valence-electron chi connectivity index (χ0n) is 13.9. The monoisotopic (exact) mass is 312 g/mol. The van der Waals surface area contributed by atoms with Crippen molar-refractivity contribution in [2.45, 2.75) is 63.8 Å². The molecule has 2 N–H and O–H groups in total. The zero-order chi connectivity index (χ0) is 16.8. The minimum absolute atomic E-state index is 0.0239. The molecule has 6 nitrogen and oxygen atoms in total. The van der Waals surface area contributed by atoms with E-state index in [1.165, 1.54) is 4.90 Å². The smallest absolute Gasteiger partial charge is 0.329 e. The van der Waals surface area contributed by atoms with Gasteiger partial charge in [-0.25, -0.2) is 4.79 Å². The van der Waals surface area contributed by atoms with Crippen LogP contribution < -0.4 is 5.32 Å². The Labute approximate surface area is 132 Å². The van der Waals surface area contributed by atoms with Gasteiger partial charge in [-0.15, -0.1) is 0 Å². The largest absolute Gasteiger partial charge is 0.480 e. The Morgan fingerprint density at radius 3 is 2.23 bits per heavy atom. The minimum atomic E-state index is -1.12. The van der Waals surface area contributed by atoms with Crippen molar-refractivity contribution in [2.24, 2.45) is 5.92 Å². The van der Waals surface area contributed by atoms with Crippen molar-refractivity contribution < 1.29 is 19.5 Å². The second-order valence-electron chi connectivity index (χ2n) is 6.43. The van der Waals surface area contributed by atoms with Gasteiger partial charge in [-0.2, -0.15) is 0 Å². The molecule has 0 atom stereocenters. The summed E-state index contributed by atoms with van der Waals surface area (Å²) in [6.45, 7) is 2.11. The van der Waals surface area contributed by atoms with E-state index in [-0.39, 0.29) is 18.2 Å². The molecule has 0 aliphatic heterocycles. The van der Waals surface area contributed by atoms with Gasteiger partial charge in [0.1, 0.15) is 5.54 Å². The minimum Gasteiger partial charge on any atom is -0.480 e. The fourth-order valence-electron chi connectivity index (χ4n) is 2.92. The number of hydrogen-bond donors (Lipinski definition) is 2. The molecule has 2 amide bonds. The van der Waals surface area contributed by atoms with Crippen LogP contribution in [0, 0.1) is 5.92 Å². The number of rotatable bonds is 7. The fourth-order valence-corrected chi connectivity index (χ4v) is 2.92. The Morgan fingerprint density at radius 2 is 1.77 bits per heavy atom. The van der Waals surface area contributed by atoms with Crippen LogP contribution in [0.5, 0.6) is 0 Å². The van der Waals surface area contributed by atoms with E-state index >= 15 is 0 Å². The van der Waals surface area contributed by atoms with Crippen LogP contribution in [0.1, 0.15) is 58.3 Å². The molecule has 126 valence electrons. The number of carbonyl (C=O) groups excluding carboxylic acids is 2. The first-order chi connectivity index (χ1) is 10.3. The van der Waals surface area contributed by atoms with Crippen molar-refractivity contribution in [3.8, 4) is 0 Å². The maximum absolute atomic E-state index is 12.0. The van der Waals surface area contributed by atoms with Crippen LogP contribution in [0.4, 0.5) is 0 Å². The van der Waals surface area contributed by atoms with Crippen LogP contribution in [0.15, 0.2) is 0 Å². The standard InChI is InChI=1S/C16H28N2O4/c1-4-12-8-10-16(11-9-12,15(21)22)17-13(19)6-5-7-14(20)18(2)3/h12H,4-11H2,1-3H3,(H,17,19)(H,21,22). The van der Waals surface area contributed by atoms with E-state index in [1.807, 2.05) is 0 Å². The highest BCUT2D eigenvalue weighted by molar-refractivity contribution is 5.87. The Bertz CT molecular complexity index is 412. The zero-order valence-corrected chi connectivity index (χ0v) is 13.9. The molecule has 1 saturated carbocycles. The summed E-state index contributed by atoms with van der Waals surface area (Å²) in [5.74, 6) is -0.685. The average Bonchev–Trinajstić information content (AvgIpc) is 2.47. The van der Waals surface area contributed by atoms with Gasteiger partial charge in [-0.05, 0) is 38.0 Å². The van der Waals surface area contributed by atoms with Crippen molar-refractivity contribution in [1.82, 2.24) is 10.2 Å². The number of carboxylic acid groups (broad SMARTS) is 1. The van der Waals surface area contributed by atoms with Gasteiger partial charge in [0, 0.05) is 26.9 Å². The number of aliphatic carboxylic acids is 1. The van der Waals surface area contributed by atoms with Crippen molar-refractivity contribution in [3.63, 3.8) is 0 Å². The molecule has 0 aromatic carbocycles. The van der Waals surface area contributed by atoms with E-state index in [2.05, 4.69) is 12.2 Å². The quantitative estimate of drug-likeness (QED) is 0.750. The molecule has 1 fully saturated rings. The molecule has 0 radical (unpaired) electrons. The summed E-state index contributed by atoms with van der Waals surface area (Å²) in [5.41, 5.74) is -1.12. The molecule has 6 heteroatoms. The highest BCUT2D eigenvalue weighted by atomic mass is 16.4. The number of nitrogens with zero attached hydrogens (tertiary/aromatic N) is 1. The van der Waals surface area contributed by atoms with Gasteiger partial charge in [0.25, 0.3) is 0 Å². The first-order valence-electron chi connectivity index (χ1n) is 8.05. The molecule has 0 bridgehead atoms. The van der Waals surface area contributed by atoms with Gasteiger partial charge in [-0.1, -0.05) is 13.3 Å². The molecular formula is C16H28N2O4. The number of amides is 2. The van der Waals surface area contributed by atoms with Gasteiger partial charge in [0.2, 0.25) is 11.8 Å². The summed E-state index contributed by atoms with van der Waals surface area (Å²) >= 11 is 0. The predicted octanol–water partition coefficient (Wildman–Crippen LogP) is 1.78. The highest BCUT2D eigenvalue weighted by Gasteiger charge is 2.42. The van der Waals surface area contributed by atoms with Crippen LogP contribution in [0.25, 0.3) is 0 Å². The summed E-state index contributed by atoms with van der Waals surface area (Å²) in [4.78, 5) is 36.6. The Hall–Kier alpha value is -1.59. The average molecular weight is 312 g/mol. The highest BCUT2D eigenvalue weighted by Crippen LogP contribution is 2.34. The van der Waals surface area contributed by atoms with E-state index in [0.717, 1.165) is 19.3 Å². The molecule has 0 saturated heterocycles. The normalized spacial score (nSPS) is 24.6. The second kappa shape index (κ2) is 8.15. The lowest BCUT2D eigenvalue weighted by Gasteiger charge is -2.37. The van der Waals surface area contributed by atoms with Crippen LogP contribution in [-0.2, 0) is 14.4 Å². The Balaban J connectivity index is 2.49. The summed E-state index contributed by atoms with van der Waals surface area (Å²) in [5, 5.41) is 12.2. The van der Waals surface area contributed by atoms with Gasteiger partial charge >= 0.3 is 5.97 Å². The van der Waals surface area contributed by atoms with Crippen molar-refractivity contribution in [3.05, 3.63) is 0 Å². The van der Waals surface area contributed by atoms with Crippen molar-refractivity contribution in [2.75, 3.05) is 14.1 Å². The third kappa shape index (κ3) is 5.00. The summed E-state index contributed by atoms with van der Waals surface area (Å²) in [6, 6.07) is 0. The summed E-state index contributed by atoms with van der Waals surface area (Å²) < 4.78 is 0. The van der Waals surface area contributed by atoms with Crippen LogP contribution >= 0.6 is 0 Å². The van der Waals surface area contributed by atoms with E-state index in [0.29, 0.717) is 31.6 Å². The van der Waals surface area contributed by atoms with E-state index in [9.17, 15) is 19.5 Å². The second-order valence-corrected chi connectivity index (χ2v) is 6.43. The van der Waals surface area contributed by atoms with Crippen molar-refractivity contribution in [1.29, 1.82) is 0 Å². The summed E-state index contributed by atoms with van der Waals surface area (Å²) in [6.07, 6.45) is 4.63. The maximum Gasteiger partial charge on any atom is 0.329 e. The molecule has 0 spiro atoms. The molecule has 1 aliphatic rings. The van der Waals surface area contributed by atoms with Gasteiger partial charge in [0.15, 0.2) is 0 Å². The first kappa shape index (κ1) is 18.5. The van der Waals surface area contributed by atoms with Crippen LogP contribution in [0.3, 0.4) is 0 Å². The van der Waals surface area contributed by atoms with Crippen LogP contribution in [0.2, 0.25) is 0 Å². The number of nitrogens with one attached hydrogen (secondary N) is 1. The molecule has 0 aromatic heterocycles. The van der Waals surface area contributed by atoms with Crippen molar-refractivity contribution >= 4 is 17.8 Å². The Kier molecular flexibility index (Phi) is 6.84. The molecular weight excluding hydrogens is 284 g/mol. The molecule has 0 unspecified atom stereocenters. The maximum atomic E-state index is 12.0. The van der Waals surface area contributed by atoms with E-state index in [1.54, 1.807) is 14.1 Å². The molecule has 22 heavy (non-hydrogen) atoms. The number of carbonyl (C=O) groups is 3. The van der Waals surface area contributed by atoms with Gasteiger partial charge in [0.05, 0.1) is 0 Å². The predicted molar refractivity (Wildman–Crippen MR) is 83.3 cm³/mol. The summed E-state index contributed by atoms with van der Waals surface area (Å²) in [7, 11) is 3.35. The number of hydrogen-bond acceptors (Lipinski definition) is 3. The van der Waals surface area contributed by atoms with E-state index < -0.39 is 11.5 Å². The molecule has 0 heterocycles. The lowest BCUT2D eigenvalue weighted by molar-refractivity contribution is -0.149. The molecule has 0 aromatic rings. The lowest BCUT2D eigenvalue weighted by atomic mass is 9.75. The molecule has 1 aliphatic carbocycles. The number of carboxylic acids is 1. The third-order valence-corrected chi connectivity index (χ3v) is 4.62. The Morgan fingerprint density at radius 1 is 1.18 bits per heavy atom.